The zero-order chi connectivity index (χ0) is 22.6. The summed E-state index contributed by atoms with van der Waals surface area (Å²) >= 11 is 3.32. The first-order valence-electron chi connectivity index (χ1n) is 9.87. The number of fused-ring (bicyclic) bond motifs is 1. The van der Waals surface area contributed by atoms with Crippen LogP contribution in [0.15, 0.2) is 82.2 Å². The maximum Gasteiger partial charge on any atom is 0.243 e. The number of sulfonamides is 1. The Balaban J connectivity index is 1.49. The predicted octanol–water partition coefficient (Wildman–Crippen LogP) is 3.69. The Hall–Kier alpha value is -2.88. The average molecular weight is 517 g/mol. The number of hydrogen-bond donors (Lipinski definition) is 1. The van der Waals surface area contributed by atoms with Crippen LogP contribution in [0.3, 0.4) is 0 Å². The molecule has 0 aromatic heterocycles. The molecule has 0 unspecified atom stereocenters. The summed E-state index contributed by atoms with van der Waals surface area (Å²) in [4.78, 5) is 12.8. The van der Waals surface area contributed by atoms with Crippen LogP contribution >= 0.6 is 15.9 Å². The lowest BCUT2D eigenvalue weighted by molar-refractivity contribution is -0.121. The van der Waals surface area contributed by atoms with Gasteiger partial charge in [0.15, 0.2) is 11.5 Å². The zero-order valence-electron chi connectivity index (χ0n) is 17.0. The first kappa shape index (κ1) is 22.3. The van der Waals surface area contributed by atoms with Crippen molar-refractivity contribution in [1.82, 2.24) is 9.62 Å². The van der Waals surface area contributed by atoms with Crippen LogP contribution in [0, 0.1) is 0 Å². The van der Waals surface area contributed by atoms with Gasteiger partial charge in [-0.1, -0.05) is 52.3 Å². The van der Waals surface area contributed by atoms with Crippen molar-refractivity contribution in [3.05, 3.63) is 88.4 Å². The lowest BCUT2D eigenvalue weighted by Crippen LogP contribution is -2.40. The molecule has 1 aliphatic heterocycles. The second kappa shape index (κ2) is 9.72. The first-order chi connectivity index (χ1) is 15.4. The zero-order valence-corrected chi connectivity index (χ0v) is 19.4. The van der Waals surface area contributed by atoms with Crippen molar-refractivity contribution in [2.75, 3.05) is 13.3 Å². The number of nitrogens with zero attached hydrogens (tertiary/aromatic N) is 1. The summed E-state index contributed by atoms with van der Waals surface area (Å²) in [6.45, 7) is 0.189. The Morgan fingerprint density at radius 2 is 1.66 bits per heavy atom. The number of hydrogen-bond acceptors (Lipinski definition) is 5. The van der Waals surface area contributed by atoms with E-state index < -0.39 is 15.9 Å². The molecule has 0 radical (unpaired) electrons. The molecule has 0 atom stereocenters. The molecular weight excluding hydrogens is 496 g/mol. The number of nitrogens with one attached hydrogen (secondary N) is 1. The van der Waals surface area contributed by atoms with Gasteiger partial charge in [-0.3, -0.25) is 4.79 Å². The molecule has 3 aromatic rings. The second-order valence-electron chi connectivity index (χ2n) is 7.18. The summed E-state index contributed by atoms with van der Waals surface area (Å²) in [6, 6.07) is 20.9. The van der Waals surface area contributed by atoms with Crippen LogP contribution in [0.2, 0.25) is 0 Å². The van der Waals surface area contributed by atoms with Crippen LogP contribution < -0.4 is 14.8 Å². The summed E-state index contributed by atoms with van der Waals surface area (Å²) in [5.74, 6) is 0.884. The molecule has 32 heavy (non-hydrogen) atoms. The van der Waals surface area contributed by atoms with Gasteiger partial charge in [-0.25, -0.2) is 8.42 Å². The van der Waals surface area contributed by atoms with E-state index in [9.17, 15) is 13.2 Å². The van der Waals surface area contributed by atoms with Crippen LogP contribution in [-0.2, 0) is 27.9 Å². The van der Waals surface area contributed by atoms with Gasteiger partial charge < -0.3 is 14.8 Å². The van der Waals surface area contributed by atoms with Crippen molar-refractivity contribution >= 4 is 31.9 Å². The molecule has 0 saturated heterocycles. The maximum atomic E-state index is 13.3. The van der Waals surface area contributed by atoms with Crippen molar-refractivity contribution in [3.8, 4) is 11.5 Å². The third kappa shape index (κ3) is 5.29. The monoisotopic (exact) mass is 516 g/mol. The highest BCUT2D eigenvalue weighted by Gasteiger charge is 2.27. The Labute approximate surface area is 195 Å². The largest absolute Gasteiger partial charge is 0.454 e. The Kier molecular flexibility index (Phi) is 6.78. The number of amides is 1. The molecular formula is C23H21BrN2O5S. The molecule has 0 spiro atoms. The van der Waals surface area contributed by atoms with Gasteiger partial charge in [-0.2, -0.15) is 4.31 Å². The summed E-state index contributed by atoms with van der Waals surface area (Å²) < 4.78 is 39.2. The fraction of sp³-hybridized carbons (Fsp3) is 0.174. The standard InChI is InChI=1S/C23H21BrN2O5S/c24-19-7-9-20(10-8-19)32(28,29)26(14-17-4-2-1-3-5-17)15-23(27)25-13-18-6-11-21-22(12-18)31-16-30-21/h1-12H,13-16H2,(H,25,27). The van der Waals surface area contributed by atoms with Crippen LogP contribution in [0.5, 0.6) is 11.5 Å². The van der Waals surface area contributed by atoms with Gasteiger partial charge in [0.1, 0.15) is 0 Å². The van der Waals surface area contributed by atoms with Gasteiger partial charge in [0, 0.05) is 17.6 Å². The quantitative estimate of drug-likeness (QED) is 0.493. The summed E-state index contributed by atoms with van der Waals surface area (Å²) in [7, 11) is -3.89. The van der Waals surface area contributed by atoms with Gasteiger partial charge >= 0.3 is 0 Å². The molecule has 0 aliphatic carbocycles. The minimum Gasteiger partial charge on any atom is -0.454 e. The lowest BCUT2D eigenvalue weighted by atomic mass is 10.2. The molecule has 0 fully saturated rings. The SMILES string of the molecule is O=C(CN(Cc1ccccc1)S(=O)(=O)c1ccc(Br)cc1)NCc1ccc2c(c1)OCO2. The molecule has 1 aliphatic rings. The third-order valence-corrected chi connectivity index (χ3v) is 7.23. The maximum absolute atomic E-state index is 13.3. The number of carbonyl (C=O) groups is 1. The van der Waals surface area contributed by atoms with Crippen LogP contribution in [-0.4, -0.2) is 32.0 Å². The van der Waals surface area contributed by atoms with Gasteiger partial charge in [0.2, 0.25) is 22.7 Å². The van der Waals surface area contributed by atoms with Crippen LogP contribution in [0.25, 0.3) is 0 Å². The van der Waals surface area contributed by atoms with Gasteiger partial charge in [-0.05, 0) is 47.5 Å². The Bertz CT molecular complexity index is 1200. The molecule has 3 aromatic carbocycles. The lowest BCUT2D eigenvalue weighted by Gasteiger charge is -2.22. The third-order valence-electron chi connectivity index (χ3n) is 4.90. The van der Waals surface area contributed by atoms with Crippen molar-refractivity contribution in [2.45, 2.75) is 18.0 Å². The van der Waals surface area contributed by atoms with E-state index in [0.717, 1.165) is 15.6 Å². The molecule has 7 nitrogen and oxygen atoms in total. The highest BCUT2D eigenvalue weighted by atomic mass is 79.9. The highest BCUT2D eigenvalue weighted by molar-refractivity contribution is 9.10. The smallest absolute Gasteiger partial charge is 0.243 e. The van der Waals surface area contributed by atoms with E-state index in [1.165, 1.54) is 16.4 Å². The molecule has 166 valence electrons. The topological polar surface area (TPSA) is 84.9 Å². The Morgan fingerprint density at radius 3 is 2.41 bits per heavy atom. The van der Waals surface area contributed by atoms with Crippen molar-refractivity contribution in [1.29, 1.82) is 0 Å². The van der Waals surface area contributed by atoms with E-state index in [0.29, 0.717) is 11.5 Å². The average Bonchev–Trinajstić information content (AvgIpc) is 3.26. The van der Waals surface area contributed by atoms with Gasteiger partial charge in [0.25, 0.3) is 0 Å². The van der Waals surface area contributed by atoms with Gasteiger partial charge in [0.05, 0.1) is 11.4 Å². The van der Waals surface area contributed by atoms with Gasteiger partial charge in [-0.15, -0.1) is 0 Å². The van der Waals surface area contributed by atoms with Crippen LogP contribution in [0.1, 0.15) is 11.1 Å². The second-order valence-corrected chi connectivity index (χ2v) is 10.0. The van der Waals surface area contributed by atoms with E-state index in [4.69, 9.17) is 9.47 Å². The van der Waals surface area contributed by atoms with E-state index in [-0.39, 0.29) is 31.3 Å². The summed E-state index contributed by atoms with van der Waals surface area (Å²) in [6.07, 6.45) is 0. The van der Waals surface area contributed by atoms with Crippen LogP contribution in [0.4, 0.5) is 0 Å². The normalized spacial score (nSPS) is 12.7. The minimum absolute atomic E-state index is 0.0800. The predicted molar refractivity (Wildman–Crippen MR) is 123 cm³/mol. The van der Waals surface area contributed by atoms with Crippen molar-refractivity contribution in [3.63, 3.8) is 0 Å². The number of ether oxygens (including phenoxy) is 2. The molecule has 4 rings (SSSR count). The molecule has 1 heterocycles. The number of carbonyl (C=O) groups excluding carboxylic acids is 1. The highest BCUT2D eigenvalue weighted by Crippen LogP contribution is 2.32. The first-order valence-corrected chi connectivity index (χ1v) is 12.1. The molecule has 1 N–H and O–H groups in total. The molecule has 9 heteroatoms. The number of rotatable bonds is 8. The fourth-order valence-electron chi connectivity index (χ4n) is 3.24. The molecule has 1 amide bonds. The van der Waals surface area contributed by atoms with E-state index in [1.54, 1.807) is 24.3 Å². The minimum atomic E-state index is -3.89. The fourth-order valence-corrected chi connectivity index (χ4v) is 4.88. The van der Waals surface area contributed by atoms with Crippen molar-refractivity contribution < 1.29 is 22.7 Å². The molecule has 0 saturated carbocycles. The summed E-state index contributed by atoms with van der Waals surface area (Å²) in [5, 5.41) is 2.79. The molecule has 0 bridgehead atoms. The van der Waals surface area contributed by atoms with Crippen molar-refractivity contribution in [2.24, 2.45) is 0 Å². The number of benzene rings is 3. The number of halogens is 1. The van der Waals surface area contributed by atoms with E-state index >= 15 is 0 Å². The Morgan fingerprint density at radius 1 is 0.938 bits per heavy atom. The van der Waals surface area contributed by atoms with E-state index in [1.807, 2.05) is 36.4 Å². The van der Waals surface area contributed by atoms with E-state index in [2.05, 4.69) is 21.2 Å². The summed E-state index contributed by atoms with van der Waals surface area (Å²) in [5.41, 5.74) is 1.62.